The topological polar surface area (TPSA) is 85.1 Å². The van der Waals surface area contributed by atoms with E-state index in [1.54, 1.807) is 12.1 Å². The number of rotatable bonds is 4. The minimum absolute atomic E-state index is 0.0180. The van der Waals surface area contributed by atoms with Crippen LogP contribution in [-0.2, 0) is 4.79 Å². The van der Waals surface area contributed by atoms with Crippen LogP contribution in [0, 0.1) is 10.1 Å². The first-order valence-electron chi connectivity index (χ1n) is 8.12. The minimum Gasteiger partial charge on any atom is -0.298 e. The van der Waals surface area contributed by atoms with Gasteiger partial charge in [-0.1, -0.05) is 53.8 Å². The van der Waals surface area contributed by atoms with E-state index in [9.17, 15) is 14.9 Å². The van der Waals surface area contributed by atoms with Crippen LogP contribution in [0.3, 0.4) is 0 Å². The molecule has 27 heavy (non-hydrogen) atoms. The van der Waals surface area contributed by atoms with Gasteiger partial charge in [0.1, 0.15) is 0 Å². The van der Waals surface area contributed by atoms with Crippen molar-refractivity contribution in [2.24, 2.45) is 0 Å². The molecule has 0 saturated carbocycles. The highest BCUT2D eigenvalue weighted by molar-refractivity contribution is 7.23. The Morgan fingerprint density at radius 1 is 1.11 bits per heavy atom. The molecule has 0 aliphatic rings. The number of anilines is 1. The van der Waals surface area contributed by atoms with Crippen LogP contribution >= 0.6 is 11.3 Å². The fraction of sp³-hybridized carbons (Fsp3) is 0. The van der Waals surface area contributed by atoms with Gasteiger partial charge in [-0.3, -0.25) is 20.2 Å². The van der Waals surface area contributed by atoms with E-state index in [-0.39, 0.29) is 11.6 Å². The zero-order valence-electron chi connectivity index (χ0n) is 14.0. The van der Waals surface area contributed by atoms with E-state index in [1.165, 1.54) is 35.6 Å². The molecule has 4 rings (SSSR count). The number of benzene rings is 3. The lowest BCUT2D eigenvalue weighted by Gasteiger charge is -1.96. The van der Waals surface area contributed by atoms with Crippen LogP contribution in [0.1, 0.15) is 5.56 Å². The maximum Gasteiger partial charge on any atom is 0.270 e. The number of hydrogen-bond donors (Lipinski definition) is 1. The molecule has 1 amide bonds. The summed E-state index contributed by atoms with van der Waals surface area (Å²) in [6.45, 7) is 0. The van der Waals surface area contributed by atoms with Crippen LogP contribution in [0.2, 0.25) is 0 Å². The van der Waals surface area contributed by atoms with E-state index in [0.29, 0.717) is 10.7 Å². The second kappa shape index (κ2) is 6.97. The highest BCUT2D eigenvalue weighted by atomic mass is 32.1. The van der Waals surface area contributed by atoms with Crippen molar-refractivity contribution in [1.82, 2.24) is 4.98 Å². The average molecular weight is 375 g/mol. The van der Waals surface area contributed by atoms with Crippen molar-refractivity contribution in [2.75, 3.05) is 5.32 Å². The molecule has 0 fully saturated rings. The van der Waals surface area contributed by atoms with Crippen molar-refractivity contribution < 1.29 is 9.72 Å². The molecule has 7 heteroatoms. The first kappa shape index (κ1) is 16.9. The Morgan fingerprint density at radius 3 is 2.81 bits per heavy atom. The third-order valence-corrected chi connectivity index (χ3v) is 5.04. The second-order valence-electron chi connectivity index (χ2n) is 5.83. The molecule has 3 aromatic carbocycles. The monoisotopic (exact) mass is 375 g/mol. The molecule has 0 radical (unpaired) electrons. The van der Waals surface area contributed by atoms with Crippen LogP contribution in [0.15, 0.2) is 66.7 Å². The van der Waals surface area contributed by atoms with Crippen molar-refractivity contribution in [3.8, 4) is 0 Å². The highest BCUT2D eigenvalue weighted by Gasteiger charge is 2.09. The van der Waals surface area contributed by atoms with E-state index in [4.69, 9.17) is 0 Å². The summed E-state index contributed by atoms with van der Waals surface area (Å²) >= 11 is 1.42. The number of nitrogens with zero attached hydrogens (tertiary/aromatic N) is 2. The van der Waals surface area contributed by atoms with E-state index >= 15 is 0 Å². The number of nitrogens with one attached hydrogen (secondary N) is 1. The molecule has 0 aliphatic heterocycles. The van der Waals surface area contributed by atoms with Crippen molar-refractivity contribution in [3.05, 3.63) is 82.4 Å². The second-order valence-corrected chi connectivity index (χ2v) is 6.83. The summed E-state index contributed by atoms with van der Waals surface area (Å²) in [5.41, 5.74) is 1.39. The standard InChI is InChI=1S/C20H13N3O3S/c24-18(11-8-13-4-3-6-15(12-13)23(25)26)22-20-21-17-10-9-14-5-1-2-7-16(14)19(17)27-20/h1-12H,(H,21,22,24)/b11-8+. The molecular weight excluding hydrogens is 362 g/mol. The summed E-state index contributed by atoms with van der Waals surface area (Å²) in [6.07, 6.45) is 2.87. The molecule has 0 spiro atoms. The molecule has 132 valence electrons. The van der Waals surface area contributed by atoms with Crippen LogP contribution in [0.5, 0.6) is 0 Å². The molecule has 0 bridgehead atoms. The van der Waals surface area contributed by atoms with E-state index < -0.39 is 4.92 Å². The van der Waals surface area contributed by atoms with E-state index in [0.717, 1.165) is 21.0 Å². The first-order chi connectivity index (χ1) is 13.1. The van der Waals surface area contributed by atoms with Gasteiger partial charge in [0.15, 0.2) is 5.13 Å². The normalized spacial score (nSPS) is 11.3. The molecule has 0 unspecified atom stereocenters. The van der Waals surface area contributed by atoms with Crippen LogP contribution in [0.4, 0.5) is 10.8 Å². The lowest BCUT2D eigenvalue weighted by atomic mass is 10.1. The van der Waals surface area contributed by atoms with Gasteiger partial charge in [0.25, 0.3) is 5.69 Å². The van der Waals surface area contributed by atoms with Gasteiger partial charge in [-0.05, 0) is 23.1 Å². The van der Waals surface area contributed by atoms with Gasteiger partial charge in [0.2, 0.25) is 5.91 Å². The quantitative estimate of drug-likeness (QED) is 0.309. The number of hydrogen-bond acceptors (Lipinski definition) is 5. The highest BCUT2D eigenvalue weighted by Crippen LogP contribution is 2.32. The molecule has 6 nitrogen and oxygen atoms in total. The number of fused-ring (bicyclic) bond motifs is 3. The van der Waals surface area contributed by atoms with E-state index in [1.807, 2.05) is 36.4 Å². The van der Waals surface area contributed by atoms with Crippen LogP contribution in [0.25, 0.3) is 27.1 Å². The number of thiazole rings is 1. The minimum atomic E-state index is -0.469. The Labute approximate surface area is 157 Å². The lowest BCUT2D eigenvalue weighted by molar-refractivity contribution is -0.384. The smallest absolute Gasteiger partial charge is 0.270 e. The maximum atomic E-state index is 12.2. The summed E-state index contributed by atoms with van der Waals surface area (Å²) < 4.78 is 1.02. The summed E-state index contributed by atoms with van der Waals surface area (Å²) in [7, 11) is 0. The summed E-state index contributed by atoms with van der Waals surface area (Å²) in [5, 5.41) is 16.3. The lowest BCUT2D eigenvalue weighted by Crippen LogP contribution is -2.07. The zero-order chi connectivity index (χ0) is 18.8. The summed E-state index contributed by atoms with van der Waals surface area (Å²) in [4.78, 5) is 27.0. The van der Waals surface area contributed by atoms with Crippen LogP contribution in [-0.4, -0.2) is 15.8 Å². The number of nitro benzene ring substituents is 1. The fourth-order valence-electron chi connectivity index (χ4n) is 2.77. The third-order valence-electron chi connectivity index (χ3n) is 4.02. The number of nitro groups is 1. The van der Waals surface area contributed by atoms with Crippen molar-refractivity contribution in [3.63, 3.8) is 0 Å². The molecular formula is C20H13N3O3S. The predicted octanol–water partition coefficient (Wildman–Crippen LogP) is 5.01. The Kier molecular flexibility index (Phi) is 4.35. The van der Waals surface area contributed by atoms with Gasteiger partial charge in [0, 0.05) is 23.6 Å². The number of amides is 1. The molecule has 0 atom stereocenters. The average Bonchev–Trinajstić information content (AvgIpc) is 3.09. The molecule has 1 heterocycles. The summed E-state index contributed by atoms with van der Waals surface area (Å²) in [5.74, 6) is -0.343. The number of non-ortho nitro benzene ring substituents is 1. The van der Waals surface area contributed by atoms with Gasteiger partial charge < -0.3 is 0 Å². The van der Waals surface area contributed by atoms with Crippen molar-refractivity contribution in [1.29, 1.82) is 0 Å². The van der Waals surface area contributed by atoms with Gasteiger partial charge in [-0.2, -0.15) is 0 Å². The SMILES string of the molecule is O=C(/C=C/c1cccc([N+](=O)[O-])c1)Nc1nc2ccc3ccccc3c2s1. The van der Waals surface area contributed by atoms with Gasteiger partial charge in [-0.15, -0.1) is 0 Å². The Morgan fingerprint density at radius 2 is 1.96 bits per heavy atom. The predicted molar refractivity (Wildman–Crippen MR) is 108 cm³/mol. The summed E-state index contributed by atoms with van der Waals surface area (Å²) in [6, 6.07) is 18.1. The van der Waals surface area contributed by atoms with Crippen LogP contribution < -0.4 is 5.32 Å². The molecule has 1 N–H and O–H groups in total. The van der Waals surface area contributed by atoms with Crippen molar-refractivity contribution in [2.45, 2.75) is 0 Å². The fourth-order valence-corrected chi connectivity index (χ4v) is 3.77. The maximum absolute atomic E-state index is 12.2. The Balaban J connectivity index is 1.55. The number of carbonyl (C=O) groups is 1. The zero-order valence-corrected chi connectivity index (χ0v) is 14.8. The van der Waals surface area contributed by atoms with Gasteiger partial charge in [0.05, 0.1) is 15.1 Å². The molecule has 0 saturated heterocycles. The van der Waals surface area contributed by atoms with Gasteiger partial charge >= 0.3 is 0 Å². The number of carbonyl (C=O) groups excluding carboxylic acids is 1. The number of aromatic nitrogens is 1. The molecule has 4 aromatic rings. The first-order valence-corrected chi connectivity index (χ1v) is 8.93. The largest absolute Gasteiger partial charge is 0.298 e. The molecule has 1 aromatic heterocycles. The molecule has 0 aliphatic carbocycles. The Hall–Kier alpha value is -3.58. The Bertz CT molecular complexity index is 1210. The van der Waals surface area contributed by atoms with Crippen molar-refractivity contribution >= 4 is 55.1 Å². The van der Waals surface area contributed by atoms with E-state index in [2.05, 4.69) is 10.3 Å². The third kappa shape index (κ3) is 3.54. The van der Waals surface area contributed by atoms with Gasteiger partial charge in [-0.25, -0.2) is 4.98 Å².